The zero-order chi connectivity index (χ0) is 24.0. The van der Waals surface area contributed by atoms with E-state index in [1.54, 1.807) is 28.6 Å². The molecule has 3 aromatic rings. The number of para-hydroxylation sites is 1. The molecular weight excluding hydrogens is 414 g/mol. The van der Waals surface area contributed by atoms with E-state index in [2.05, 4.69) is 17.4 Å². The minimum absolute atomic E-state index is 0.0966. The molecule has 0 saturated heterocycles. The number of aromatic nitrogens is 1. The molecule has 3 rings (SSSR count). The maximum Gasteiger partial charge on any atom is 0.267 e. The summed E-state index contributed by atoms with van der Waals surface area (Å²) in [5.74, 6) is 5.82. The first-order chi connectivity index (χ1) is 15.8. The molecule has 2 amide bonds. The van der Waals surface area contributed by atoms with Crippen molar-refractivity contribution in [2.24, 2.45) is 12.9 Å². The lowest BCUT2D eigenvalue weighted by molar-refractivity contribution is 0.0723. The van der Waals surface area contributed by atoms with Crippen molar-refractivity contribution in [3.05, 3.63) is 89.2 Å². The van der Waals surface area contributed by atoms with Crippen molar-refractivity contribution in [3.8, 4) is 0 Å². The number of hydrogen-bond acceptors (Lipinski definition) is 4. The van der Waals surface area contributed by atoms with Crippen molar-refractivity contribution in [1.82, 2.24) is 14.8 Å². The first kappa shape index (κ1) is 24.1. The van der Waals surface area contributed by atoms with E-state index in [0.29, 0.717) is 36.3 Å². The number of benzene rings is 2. The molecule has 0 aliphatic heterocycles. The Hall–Kier alpha value is -3.58. The van der Waals surface area contributed by atoms with E-state index >= 15 is 0 Å². The Morgan fingerprint density at radius 1 is 1.03 bits per heavy atom. The zero-order valence-electron chi connectivity index (χ0n) is 19.8. The minimum atomic E-state index is -0.124. The second kappa shape index (κ2) is 10.8. The molecule has 0 unspecified atom stereocenters. The van der Waals surface area contributed by atoms with Gasteiger partial charge in [0.2, 0.25) is 0 Å². The van der Waals surface area contributed by atoms with E-state index < -0.39 is 0 Å². The van der Waals surface area contributed by atoms with Crippen LogP contribution in [0.4, 0.5) is 5.69 Å². The molecule has 0 spiro atoms. The highest BCUT2D eigenvalue weighted by Gasteiger charge is 2.25. The summed E-state index contributed by atoms with van der Waals surface area (Å²) in [4.78, 5) is 27.8. The quantitative estimate of drug-likeness (QED) is 0.390. The number of nitrogens with one attached hydrogen (secondary N) is 1. The maximum atomic E-state index is 13.5. The van der Waals surface area contributed by atoms with Crippen LogP contribution >= 0.6 is 0 Å². The van der Waals surface area contributed by atoms with E-state index in [1.165, 1.54) is 5.01 Å². The van der Waals surface area contributed by atoms with Gasteiger partial charge in [0.15, 0.2) is 0 Å². The van der Waals surface area contributed by atoms with Gasteiger partial charge in [-0.1, -0.05) is 42.5 Å². The number of nitrogens with zero attached hydrogens (tertiary/aromatic N) is 3. The summed E-state index contributed by atoms with van der Waals surface area (Å²) in [6.45, 7) is 2.40. The van der Waals surface area contributed by atoms with Crippen LogP contribution < -0.4 is 16.2 Å². The van der Waals surface area contributed by atoms with Crippen LogP contribution in [-0.4, -0.2) is 48.0 Å². The second-order valence-corrected chi connectivity index (χ2v) is 8.39. The van der Waals surface area contributed by atoms with Crippen molar-refractivity contribution in [2.75, 3.05) is 25.6 Å². The Bertz CT molecular complexity index is 1090. The van der Waals surface area contributed by atoms with Crippen LogP contribution in [0.3, 0.4) is 0 Å². The fourth-order valence-electron chi connectivity index (χ4n) is 4.11. The van der Waals surface area contributed by atoms with E-state index in [0.717, 1.165) is 11.1 Å². The predicted octanol–water partition coefficient (Wildman–Crippen LogP) is 3.15. The van der Waals surface area contributed by atoms with Crippen molar-refractivity contribution < 1.29 is 9.59 Å². The molecule has 1 heterocycles. The van der Waals surface area contributed by atoms with Crippen LogP contribution in [0.15, 0.2) is 66.9 Å². The fraction of sp³-hybridized carbons (Fsp3) is 0.308. The average Bonchev–Trinajstić information content (AvgIpc) is 3.23. The van der Waals surface area contributed by atoms with Crippen molar-refractivity contribution in [2.45, 2.75) is 25.8 Å². The monoisotopic (exact) mass is 447 g/mol. The van der Waals surface area contributed by atoms with Crippen molar-refractivity contribution in [1.29, 1.82) is 0 Å². The van der Waals surface area contributed by atoms with Crippen LogP contribution in [0.5, 0.6) is 0 Å². The number of amides is 2. The normalized spacial score (nSPS) is 11.7. The maximum absolute atomic E-state index is 13.5. The highest BCUT2D eigenvalue weighted by molar-refractivity contribution is 6.00. The Labute approximate surface area is 195 Å². The standard InChI is InChI=1S/C26H33N5O2/c1-19-10-8-13-22(24(19)31(4)27)26(33)30(3)21(18-20-11-6-5-7-12-20)15-16-28-25(32)23-14-9-17-29(23)2/h5-14,17,21H,15-16,18,27H2,1-4H3,(H,28,32)/t21-/m1/s1. The van der Waals surface area contributed by atoms with Gasteiger partial charge in [0.25, 0.3) is 11.8 Å². The number of aryl methyl sites for hydroxylation is 2. The van der Waals surface area contributed by atoms with Gasteiger partial charge >= 0.3 is 0 Å². The molecule has 7 heteroatoms. The molecule has 0 aliphatic rings. The third kappa shape index (κ3) is 5.81. The van der Waals surface area contributed by atoms with Crippen molar-refractivity contribution in [3.63, 3.8) is 0 Å². The fourth-order valence-corrected chi connectivity index (χ4v) is 4.11. The summed E-state index contributed by atoms with van der Waals surface area (Å²) >= 11 is 0. The van der Waals surface area contributed by atoms with E-state index in [9.17, 15) is 9.59 Å². The van der Waals surface area contributed by atoms with Crippen LogP contribution in [-0.2, 0) is 13.5 Å². The molecule has 0 fully saturated rings. The lowest BCUT2D eigenvalue weighted by Gasteiger charge is -2.30. The van der Waals surface area contributed by atoms with Gasteiger partial charge in [-0.25, -0.2) is 5.84 Å². The third-order valence-electron chi connectivity index (χ3n) is 5.94. The van der Waals surface area contributed by atoms with E-state index in [-0.39, 0.29) is 17.9 Å². The van der Waals surface area contributed by atoms with Gasteiger partial charge in [0, 0.05) is 39.9 Å². The molecule has 3 N–H and O–H groups in total. The largest absolute Gasteiger partial charge is 0.351 e. The lowest BCUT2D eigenvalue weighted by Crippen LogP contribution is -2.42. The minimum Gasteiger partial charge on any atom is -0.351 e. The summed E-state index contributed by atoms with van der Waals surface area (Å²) in [5.41, 5.74) is 3.96. The first-order valence-corrected chi connectivity index (χ1v) is 11.1. The zero-order valence-corrected chi connectivity index (χ0v) is 19.8. The Morgan fingerprint density at radius 3 is 2.39 bits per heavy atom. The molecular formula is C26H33N5O2. The molecule has 33 heavy (non-hydrogen) atoms. The first-order valence-electron chi connectivity index (χ1n) is 11.1. The van der Waals surface area contributed by atoms with Gasteiger partial charge in [-0.05, 0) is 49.1 Å². The highest BCUT2D eigenvalue weighted by atomic mass is 16.2. The Kier molecular flexibility index (Phi) is 7.90. The van der Waals surface area contributed by atoms with E-state index in [4.69, 9.17) is 5.84 Å². The number of hydrogen-bond donors (Lipinski definition) is 2. The number of anilines is 1. The second-order valence-electron chi connectivity index (χ2n) is 8.39. The number of likely N-dealkylation sites (N-methyl/N-ethyl adjacent to an activating group) is 1. The van der Waals surface area contributed by atoms with Gasteiger partial charge in [-0.15, -0.1) is 0 Å². The molecule has 1 atom stereocenters. The van der Waals surface area contributed by atoms with Crippen LogP contribution in [0.1, 0.15) is 38.4 Å². The summed E-state index contributed by atoms with van der Waals surface area (Å²) in [7, 11) is 5.39. The topological polar surface area (TPSA) is 83.6 Å². The molecule has 174 valence electrons. The van der Waals surface area contributed by atoms with Gasteiger partial charge in [-0.3, -0.25) is 9.59 Å². The molecule has 7 nitrogen and oxygen atoms in total. The molecule has 0 radical (unpaired) electrons. The Balaban J connectivity index is 1.78. The van der Waals surface area contributed by atoms with Gasteiger partial charge < -0.3 is 19.8 Å². The van der Waals surface area contributed by atoms with Gasteiger partial charge in [-0.2, -0.15) is 0 Å². The predicted molar refractivity (Wildman–Crippen MR) is 132 cm³/mol. The summed E-state index contributed by atoms with van der Waals surface area (Å²) in [5, 5.41) is 4.48. The smallest absolute Gasteiger partial charge is 0.267 e. The Morgan fingerprint density at radius 2 is 1.76 bits per heavy atom. The third-order valence-corrected chi connectivity index (χ3v) is 5.94. The van der Waals surface area contributed by atoms with E-state index in [1.807, 2.05) is 63.6 Å². The van der Waals surface area contributed by atoms with Gasteiger partial charge in [0.1, 0.15) is 5.69 Å². The summed E-state index contributed by atoms with van der Waals surface area (Å²) in [6, 6.07) is 19.2. The van der Waals surface area contributed by atoms with Gasteiger partial charge in [0.05, 0.1) is 11.3 Å². The number of hydrazine groups is 1. The number of rotatable bonds is 9. The molecule has 1 aromatic heterocycles. The average molecular weight is 448 g/mol. The molecule has 0 saturated carbocycles. The highest BCUT2D eigenvalue weighted by Crippen LogP contribution is 2.25. The summed E-state index contributed by atoms with van der Waals surface area (Å²) < 4.78 is 1.79. The van der Waals surface area contributed by atoms with Crippen LogP contribution in [0, 0.1) is 6.92 Å². The van der Waals surface area contributed by atoms with Crippen LogP contribution in [0.2, 0.25) is 0 Å². The molecule has 2 aromatic carbocycles. The number of carbonyl (C=O) groups excluding carboxylic acids is 2. The number of nitrogens with two attached hydrogens (primary N) is 1. The summed E-state index contributed by atoms with van der Waals surface area (Å²) in [6.07, 6.45) is 3.14. The SMILES string of the molecule is Cc1cccc(C(=O)N(C)[C@H](CCNC(=O)c2cccn2C)Cc2ccccc2)c1N(C)N. The van der Waals surface area contributed by atoms with Crippen LogP contribution in [0.25, 0.3) is 0 Å². The number of carbonyl (C=O) groups is 2. The molecule has 0 aliphatic carbocycles. The molecule has 0 bridgehead atoms. The lowest BCUT2D eigenvalue weighted by atomic mass is 10.00. The van der Waals surface area contributed by atoms with Crippen molar-refractivity contribution >= 4 is 17.5 Å².